The summed E-state index contributed by atoms with van der Waals surface area (Å²) in [7, 11) is 0. The van der Waals surface area contributed by atoms with E-state index in [9.17, 15) is 13.2 Å². The van der Waals surface area contributed by atoms with Gasteiger partial charge in [0.1, 0.15) is 12.4 Å². The van der Waals surface area contributed by atoms with E-state index in [-0.39, 0.29) is 12.6 Å². The van der Waals surface area contributed by atoms with E-state index in [1.165, 1.54) is 6.20 Å². The molecule has 0 aromatic carbocycles. The minimum absolute atomic E-state index is 0.0486. The zero-order valence-electron chi connectivity index (χ0n) is 11.3. The maximum absolute atomic E-state index is 12.0. The summed E-state index contributed by atoms with van der Waals surface area (Å²) in [4.78, 5) is 13.8. The summed E-state index contributed by atoms with van der Waals surface area (Å²) in [6.07, 6.45) is 0.157. The van der Waals surface area contributed by atoms with Gasteiger partial charge in [0.15, 0.2) is 0 Å². The van der Waals surface area contributed by atoms with Crippen LogP contribution in [0.15, 0.2) is 12.4 Å². The van der Waals surface area contributed by atoms with Crippen LogP contribution in [-0.4, -0.2) is 41.9 Å². The highest BCUT2D eigenvalue weighted by atomic mass is 19.4. The number of halogens is 3. The van der Waals surface area contributed by atoms with Gasteiger partial charge < -0.3 is 14.5 Å². The third-order valence-electron chi connectivity index (χ3n) is 3.16. The van der Waals surface area contributed by atoms with Crippen molar-refractivity contribution >= 4 is 5.82 Å². The van der Waals surface area contributed by atoms with E-state index in [1.54, 1.807) is 6.20 Å². The van der Waals surface area contributed by atoms with Gasteiger partial charge in [-0.05, 0) is 0 Å². The van der Waals surface area contributed by atoms with E-state index >= 15 is 0 Å². The topological polar surface area (TPSA) is 42.6 Å². The van der Waals surface area contributed by atoms with Crippen LogP contribution in [0.3, 0.4) is 0 Å². The fraction of sp³-hybridized carbons (Fsp3) is 0.615. The van der Waals surface area contributed by atoms with Crippen molar-refractivity contribution in [3.63, 3.8) is 0 Å². The van der Waals surface area contributed by atoms with Gasteiger partial charge in [-0.25, -0.2) is 11.6 Å². The summed E-state index contributed by atoms with van der Waals surface area (Å²) in [5.74, 6) is 0.617. The van der Waals surface area contributed by atoms with Crippen LogP contribution in [-0.2, 0) is 11.3 Å². The van der Waals surface area contributed by atoms with Crippen LogP contribution < -0.4 is 4.90 Å². The molecule has 8 heteroatoms. The zero-order valence-corrected chi connectivity index (χ0v) is 11.3. The first-order chi connectivity index (χ1) is 9.98. The Morgan fingerprint density at radius 2 is 2.05 bits per heavy atom. The molecule has 0 unspecified atom stereocenters. The largest absolute Gasteiger partial charge is 0.411 e. The second-order valence-corrected chi connectivity index (χ2v) is 4.82. The third kappa shape index (κ3) is 4.86. The molecule has 1 fully saturated rings. The van der Waals surface area contributed by atoms with E-state index in [0.29, 0.717) is 24.6 Å². The molecule has 0 bridgehead atoms. The second-order valence-electron chi connectivity index (χ2n) is 4.82. The number of ether oxygens (including phenoxy) is 1. The summed E-state index contributed by atoms with van der Waals surface area (Å²) in [5, 5.41) is 0. The lowest BCUT2D eigenvalue weighted by Gasteiger charge is -2.28. The third-order valence-corrected chi connectivity index (χ3v) is 3.16. The molecule has 0 spiro atoms. The maximum atomic E-state index is 12.0. The van der Waals surface area contributed by atoms with Gasteiger partial charge in [0, 0.05) is 25.9 Å². The summed E-state index contributed by atoms with van der Waals surface area (Å²) < 4.78 is 40.6. The first-order valence-corrected chi connectivity index (χ1v) is 6.55. The molecule has 5 nitrogen and oxygen atoms in total. The highest BCUT2D eigenvalue weighted by Crippen LogP contribution is 2.20. The molecule has 1 saturated heterocycles. The van der Waals surface area contributed by atoms with Gasteiger partial charge in [-0.1, -0.05) is 0 Å². The summed E-state index contributed by atoms with van der Waals surface area (Å²) in [5.41, 5.74) is 0.365. The van der Waals surface area contributed by atoms with Crippen LogP contribution in [0.4, 0.5) is 19.0 Å². The lowest BCUT2D eigenvalue weighted by molar-refractivity contribution is -0.176. The number of piperidine rings is 1. The van der Waals surface area contributed by atoms with Crippen molar-refractivity contribution < 1.29 is 17.9 Å². The van der Waals surface area contributed by atoms with Gasteiger partial charge in [0.25, 0.3) is 0 Å². The van der Waals surface area contributed by atoms with Crippen LogP contribution in [0.2, 0.25) is 0 Å². The first-order valence-electron chi connectivity index (χ1n) is 6.55. The van der Waals surface area contributed by atoms with Gasteiger partial charge in [-0.2, -0.15) is 13.2 Å². The quantitative estimate of drug-likeness (QED) is 0.801. The molecule has 1 aromatic heterocycles. The zero-order chi connectivity index (χ0) is 15.3. The predicted octanol–water partition coefficient (Wildman–Crippen LogP) is 2.44. The molecule has 114 valence electrons. The molecule has 21 heavy (non-hydrogen) atoms. The number of rotatable bonds is 4. The Bertz CT molecular complexity index is 507. The standard InChI is InChI=1S/C13H15F3N4O/c1-17-10-2-4-20(5-3-10)12-7-18-6-11(19-12)8-21-9-13(14,15)16/h6-7,10H,2-5,8-9H2. The van der Waals surface area contributed by atoms with E-state index in [4.69, 9.17) is 6.57 Å². The number of aromatic nitrogens is 2. The van der Waals surface area contributed by atoms with Crippen LogP contribution in [0.1, 0.15) is 18.5 Å². The maximum Gasteiger partial charge on any atom is 0.411 e. The van der Waals surface area contributed by atoms with Gasteiger partial charge in [0.2, 0.25) is 6.04 Å². The summed E-state index contributed by atoms with van der Waals surface area (Å²) in [6.45, 7) is 6.88. The Hall–Kier alpha value is -1.88. The highest BCUT2D eigenvalue weighted by Gasteiger charge is 2.27. The molecule has 0 radical (unpaired) electrons. The average Bonchev–Trinajstić information content (AvgIpc) is 2.46. The van der Waals surface area contributed by atoms with Crippen LogP contribution in [0, 0.1) is 6.57 Å². The minimum Gasteiger partial charge on any atom is -0.366 e. The molecule has 1 aliphatic rings. The molecule has 0 aliphatic carbocycles. The Kier molecular flexibility index (Phi) is 4.96. The van der Waals surface area contributed by atoms with Crippen LogP contribution in [0.5, 0.6) is 0 Å². The highest BCUT2D eigenvalue weighted by molar-refractivity contribution is 5.37. The molecule has 2 rings (SSSR count). The van der Waals surface area contributed by atoms with Crippen molar-refractivity contribution in [1.82, 2.24) is 9.97 Å². The van der Waals surface area contributed by atoms with Gasteiger partial charge in [-0.3, -0.25) is 4.98 Å². The Morgan fingerprint density at radius 1 is 1.33 bits per heavy atom. The number of hydrogen-bond donors (Lipinski definition) is 0. The van der Waals surface area contributed by atoms with E-state index < -0.39 is 12.8 Å². The number of alkyl halides is 3. The van der Waals surface area contributed by atoms with Crippen molar-refractivity contribution in [2.24, 2.45) is 0 Å². The Labute approximate surface area is 120 Å². The normalized spacial score (nSPS) is 16.8. The van der Waals surface area contributed by atoms with E-state index in [2.05, 4.69) is 19.5 Å². The Balaban J connectivity index is 1.91. The van der Waals surface area contributed by atoms with Crippen LogP contribution >= 0.6 is 0 Å². The summed E-state index contributed by atoms with van der Waals surface area (Å²) in [6, 6.07) is 0.0486. The molecule has 2 heterocycles. The van der Waals surface area contributed by atoms with Crippen molar-refractivity contribution in [1.29, 1.82) is 0 Å². The molecule has 1 aliphatic heterocycles. The predicted molar refractivity (Wildman–Crippen MR) is 69.6 cm³/mol. The van der Waals surface area contributed by atoms with E-state index in [0.717, 1.165) is 12.8 Å². The lowest BCUT2D eigenvalue weighted by atomic mass is 10.1. The van der Waals surface area contributed by atoms with Gasteiger partial charge in [-0.15, -0.1) is 0 Å². The minimum atomic E-state index is -4.34. The smallest absolute Gasteiger partial charge is 0.366 e. The average molecular weight is 300 g/mol. The molecule has 0 amide bonds. The molecule has 1 aromatic rings. The summed E-state index contributed by atoms with van der Waals surface area (Å²) >= 11 is 0. The van der Waals surface area contributed by atoms with Crippen LogP contribution in [0.25, 0.3) is 4.85 Å². The van der Waals surface area contributed by atoms with Gasteiger partial charge in [0.05, 0.1) is 24.7 Å². The molecule has 0 saturated carbocycles. The monoisotopic (exact) mass is 300 g/mol. The fourth-order valence-electron chi connectivity index (χ4n) is 2.11. The second kappa shape index (κ2) is 6.72. The van der Waals surface area contributed by atoms with E-state index in [1.807, 2.05) is 4.90 Å². The number of nitrogens with zero attached hydrogens (tertiary/aromatic N) is 4. The molecular formula is C13H15F3N4O. The molecular weight excluding hydrogens is 285 g/mol. The number of hydrogen-bond acceptors (Lipinski definition) is 4. The molecule has 0 N–H and O–H groups in total. The number of anilines is 1. The van der Waals surface area contributed by atoms with Gasteiger partial charge >= 0.3 is 6.18 Å². The fourth-order valence-corrected chi connectivity index (χ4v) is 2.11. The lowest BCUT2D eigenvalue weighted by Crippen LogP contribution is -2.35. The van der Waals surface area contributed by atoms with Crippen molar-refractivity contribution in [2.75, 3.05) is 24.6 Å². The molecule has 0 atom stereocenters. The van der Waals surface area contributed by atoms with Crippen molar-refractivity contribution in [3.05, 3.63) is 29.5 Å². The Morgan fingerprint density at radius 3 is 2.67 bits per heavy atom. The SMILES string of the molecule is [C-]#[N+]C1CCN(c2cncc(COCC(F)(F)F)n2)CC1. The van der Waals surface area contributed by atoms with Crippen molar-refractivity contribution in [3.8, 4) is 0 Å². The first kappa shape index (κ1) is 15.5. The van der Waals surface area contributed by atoms with Crippen molar-refractivity contribution in [2.45, 2.75) is 31.7 Å².